The molecule has 8 heteroatoms. The van der Waals surface area contributed by atoms with Gasteiger partial charge in [-0.25, -0.2) is 0 Å². The molecule has 0 saturated heterocycles. The fourth-order valence-electron chi connectivity index (χ4n) is 3.14. The lowest BCUT2D eigenvalue weighted by atomic mass is 9.92. The van der Waals surface area contributed by atoms with Crippen molar-refractivity contribution in [2.75, 3.05) is 19.8 Å². The van der Waals surface area contributed by atoms with Crippen molar-refractivity contribution in [1.29, 1.82) is 0 Å². The molecule has 1 aromatic rings. The maximum atomic E-state index is 12.8. The molecule has 1 aromatic carbocycles. The van der Waals surface area contributed by atoms with Gasteiger partial charge in [0.25, 0.3) is 5.91 Å². The molecule has 0 bridgehead atoms. The number of carbonyl (C=O) groups is 1. The van der Waals surface area contributed by atoms with Crippen molar-refractivity contribution in [2.24, 2.45) is 5.92 Å². The minimum Gasteiger partial charge on any atom is -0.459 e. The number of amides is 1. The van der Waals surface area contributed by atoms with Crippen molar-refractivity contribution in [3.8, 4) is 0 Å². The second-order valence-electron chi connectivity index (χ2n) is 7.50. The summed E-state index contributed by atoms with van der Waals surface area (Å²) in [5.74, 6) is 0.0151. The van der Waals surface area contributed by atoms with Crippen LogP contribution in [0.2, 0.25) is 0 Å². The molecule has 29 heavy (non-hydrogen) atoms. The molecule has 0 aromatic heterocycles. The van der Waals surface area contributed by atoms with E-state index in [1.807, 2.05) is 0 Å². The third-order valence-corrected chi connectivity index (χ3v) is 5.05. The summed E-state index contributed by atoms with van der Waals surface area (Å²) in [6.45, 7) is 1.02. The molecule has 1 saturated carbocycles. The van der Waals surface area contributed by atoms with Gasteiger partial charge >= 0.3 is 6.18 Å². The molecule has 0 spiro atoms. The molecule has 0 unspecified atom stereocenters. The molecule has 1 fully saturated rings. The highest BCUT2D eigenvalue weighted by molar-refractivity contribution is 5.91. The Balaban J connectivity index is 1.71. The number of aliphatic hydroxyl groups is 1. The van der Waals surface area contributed by atoms with E-state index in [0.717, 1.165) is 25.0 Å². The van der Waals surface area contributed by atoms with Crippen molar-refractivity contribution >= 4 is 5.91 Å². The fraction of sp³-hybridized carbons (Fsp3) is 0.571. The van der Waals surface area contributed by atoms with Gasteiger partial charge in [0.2, 0.25) is 6.29 Å². The van der Waals surface area contributed by atoms with Crippen LogP contribution in [0.4, 0.5) is 13.2 Å². The Morgan fingerprint density at radius 2 is 1.93 bits per heavy atom. The average Bonchev–Trinajstić information content (AvgIpc) is 3.53. The molecular formula is C21H26F3NO4. The largest absolute Gasteiger partial charge is 0.459 e. The van der Waals surface area contributed by atoms with E-state index >= 15 is 0 Å². The van der Waals surface area contributed by atoms with Crippen LogP contribution in [0.3, 0.4) is 0 Å². The van der Waals surface area contributed by atoms with E-state index in [1.165, 1.54) is 12.1 Å². The molecule has 160 valence electrons. The molecule has 1 aliphatic heterocycles. The van der Waals surface area contributed by atoms with Gasteiger partial charge in [0.1, 0.15) is 0 Å². The summed E-state index contributed by atoms with van der Waals surface area (Å²) in [7, 11) is 0. The molecule has 1 amide bonds. The lowest BCUT2D eigenvalue weighted by molar-refractivity contribution is -0.146. The third kappa shape index (κ3) is 6.47. The summed E-state index contributed by atoms with van der Waals surface area (Å²) in [5, 5.41) is 11.7. The fourth-order valence-corrected chi connectivity index (χ4v) is 3.14. The van der Waals surface area contributed by atoms with Crippen LogP contribution in [-0.4, -0.2) is 37.1 Å². The van der Waals surface area contributed by atoms with Gasteiger partial charge in [-0.3, -0.25) is 4.79 Å². The monoisotopic (exact) mass is 413 g/mol. The summed E-state index contributed by atoms with van der Waals surface area (Å²) in [4.78, 5) is 12.5. The highest BCUT2D eigenvalue weighted by Crippen LogP contribution is 2.35. The molecule has 3 rings (SSSR count). The number of ether oxygens (including phenoxy) is 2. The zero-order valence-corrected chi connectivity index (χ0v) is 16.1. The second-order valence-corrected chi connectivity index (χ2v) is 7.50. The Morgan fingerprint density at radius 1 is 1.21 bits per heavy atom. The third-order valence-electron chi connectivity index (χ3n) is 5.05. The highest BCUT2D eigenvalue weighted by Gasteiger charge is 2.32. The first-order valence-corrected chi connectivity index (χ1v) is 9.93. The van der Waals surface area contributed by atoms with Crippen LogP contribution in [0, 0.1) is 5.92 Å². The maximum Gasteiger partial charge on any atom is 0.416 e. The molecule has 0 radical (unpaired) electrons. The summed E-state index contributed by atoms with van der Waals surface area (Å²) in [6.07, 6.45) is 0.426. The van der Waals surface area contributed by atoms with Crippen molar-refractivity contribution < 1.29 is 32.5 Å². The van der Waals surface area contributed by atoms with Crippen LogP contribution >= 0.6 is 0 Å². The first kappa shape index (κ1) is 21.6. The van der Waals surface area contributed by atoms with Crippen molar-refractivity contribution in [3.05, 3.63) is 47.2 Å². The molecular weight excluding hydrogens is 387 g/mol. The maximum absolute atomic E-state index is 12.8. The number of rotatable bonds is 9. The van der Waals surface area contributed by atoms with Crippen LogP contribution in [0.15, 0.2) is 36.1 Å². The average molecular weight is 413 g/mol. The number of hydrogen-bond acceptors (Lipinski definition) is 4. The van der Waals surface area contributed by atoms with Gasteiger partial charge in [-0.05, 0) is 55.4 Å². The molecule has 2 N–H and O–H groups in total. The zero-order valence-electron chi connectivity index (χ0n) is 16.1. The number of aliphatic hydroxyl groups excluding tert-OH is 1. The predicted molar refractivity (Wildman–Crippen MR) is 99.8 cm³/mol. The molecule has 5 nitrogen and oxygen atoms in total. The van der Waals surface area contributed by atoms with E-state index in [4.69, 9.17) is 14.6 Å². The predicted octanol–water partition coefficient (Wildman–Crippen LogP) is 3.73. The Morgan fingerprint density at radius 3 is 2.55 bits per heavy atom. The van der Waals surface area contributed by atoms with E-state index in [1.54, 1.807) is 6.08 Å². The minimum atomic E-state index is -4.39. The van der Waals surface area contributed by atoms with E-state index in [9.17, 15) is 18.0 Å². The minimum absolute atomic E-state index is 0.0673. The molecule has 2 aliphatic rings. The van der Waals surface area contributed by atoms with E-state index in [-0.39, 0.29) is 24.2 Å². The van der Waals surface area contributed by atoms with Gasteiger partial charge in [-0.2, -0.15) is 13.2 Å². The topological polar surface area (TPSA) is 67.8 Å². The first-order valence-electron chi connectivity index (χ1n) is 9.93. The lowest BCUT2D eigenvalue weighted by Crippen LogP contribution is -2.34. The Kier molecular flexibility index (Phi) is 7.18. The van der Waals surface area contributed by atoms with Crippen LogP contribution in [-0.2, 0) is 20.4 Å². The van der Waals surface area contributed by atoms with Crippen molar-refractivity contribution in [2.45, 2.75) is 50.5 Å². The molecule has 2 atom stereocenters. The zero-order chi connectivity index (χ0) is 20.9. The summed E-state index contributed by atoms with van der Waals surface area (Å²) in [6, 6.07) is 4.95. The van der Waals surface area contributed by atoms with E-state index in [0.29, 0.717) is 43.9 Å². The van der Waals surface area contributed by atoms with Gasteiger partial charge in [0.15, 0.2) is 5.76 Å². The van der Waals surface area contributed by atoms with Gasteiger partial charge < -0.3 is 19.9 Å². The van der Waals surface area contributed by atoms with Gasteiger partial charge in [0, 0.05) is 25.5 Å². The number of allylic oxidation sites excluding steroid dienone is 1. The van der Waals surface area contributed by atoms with Crippen LogP contribution in [0.5, 0.6) is 0 Å². The normalized spacial score (nSPS) is 22.0. The number of benzene rings is 1. The lowest BCUT2D eigenvalue weighted by Gasteiger charge is -2.29. The van der Waals surface area contributed by atoms with E-state index in [2.05, 4.69) is 5.32 Å². The van der Waals surface area contributed by atoms with Gasteiger partial charge in [-0.1, -0.05) is 12.1 Å². The van der Waals surface area contributed by atoms with Crippen LogP contribution in [0.1, 0.15) is 49.1 Å². The summed E-state index contributed by atoms with van der Waals surface area (Å²) >= 11 is 0. The number of halogens is 3. The Bertz CT molecular complexity index is 714. The first-order chi connectivity index (χ1) is 13.9. The van der Waals surface area contributed by atoms with Crippen molar-refractivity contribution in [1.82, 2.24) is 5.32 Å². The molecule has 1 aliphatic carbocycles. The number of nitrogens with one attached hydrogen (secondary N) is 1. The molecule has 1 heterocycles. The summed E-state index contributed by atoms with van der Waals surface area (Å²) in [5.41, 5.74) is -0.0470. The number of hydrogen-bond donors (Lipinski definition) is 2. The van der Waals surface area contributed by atoms with Gasteiger partial charge in [0.05, 0.1) is 12.2 Å². The van der Waals surface area contributed by atoms with E-state index < -0.39 is 18.0 Å². The van der Waals surface area contributed by atoms with Crippen molar-refractivity contribution in [3.63, 3.8) is 0 Å². The van der Waals surface area contributed by atoms with Crippen LogP contribution in [0.25, 0.3) is 0 Å². The standard InChI is InChI=1S/C21H26F3NO4/c22-21(23,24)17-7-5-15(6-8-17)16-11-18(20(27)25-13-14-3-4-14)29-19(12-16)28-10-2-1-9-26/h5-8,11,14,16,19,26H,1-4,9-10,12-13H2,(H,25,27)/t16-,19+/m1/s1. The smallest absolute Gasteiger partial charge is 0.416 e. The van der Waals surface area contributed by atoms with Gasteiger partial charge in [-0.15, -0.1) is 0 Å². The quantitative estimate of drug-likeness (QED) is 0.606. The second kappa shape index (κ2) is 9.63. The Labute approximate surface area is 167 Å². The highest BCUT2D eigenvalue weighted by atomic mass is 19.4. The Hall–Kier alpha value is -2.06. The number of unbranched alkanes of at least 4 members (excludes halogenated alkanes) is 1. The van der Waals surface area contributed by atoms with Crippen LogP contribution < -0.4 is 5.32 Å². The summed E-state index contributed by atoms with van der Waals surface area (Å²) < 4.78 is 49.9. The number of alkyl halides is 3. The SMILES string of the molecule is O=C(NCC1CC1)C1=C[C@@H](c2ccc(C(F)(F)F)cc2)C[C@@H](OCCCCO)O1. The number of carbonyl (C=O) groups excluding carboxylic acids is 1.